The van der Waals surface area contributed by atoms with Gasteiger partial charge in [-0.25, -0.2) is 0 Å². The third-order valence-electron chi connectivity index (χ3n) is 3.38. The van der Waals surface area contributed by atoms with Crippen LogP contribution in [0.1, 0.15) is 37.7 Å². The number of aromatic nitrogens is 1. The van der Waals surface area contributed by atoms with Gasteiger partial charge in [-0.05, 0) is 49.4 Å². The van der Waals surface area contributed by atoms with E-state index in [9.17, 15) is 0 Å². The van der Waals surface area contributed by atoms with E-state index in [1.54, 1.807) is 0 Å². The smallest absolute Gasteiger partial charge is 0.0302 e. The molecule has 2 heteroatoms. The summed E-state index contributed by atoms with van der Waals surface area (Å²) in [5.41, 5.74) is 1.43. The third-order valence-corrected chi connectivity index (χ3v) is 3.38. The minimum atomic E-state index is 0.722. The van der Waals surface area contributed by atoms with Crippen molar-refractivity contribution in [2.24, 2.45) is 5.92 Å². The molecule has 1 aliphatic heterocycles. The first-order chi connectivity index (χ1) is 7.42. The van der Waals surface area contributed by atoms with Gasteiger partial charge >= 0.3 is 0 Å². The monoisotopic (exact) mass is 204 g/mol. The van der Waals surface area contributed by atoms with Crippen LogP contribution in [0.3, 0.4) is 0 Å². The molecule has 2 rings (SSSR count). The van der Waals surface area contributed by atoms with E-state index < -0.39 is 0 Å². The van der Waals surface area contributed by atoms with Gasteiger partial charge in [0.1, 0.15) is 0 Å². The first-order valence-electron chi connectivity index (χ1n) is 6.02. The molecule has 0 bridgehead atoms. The maximum atomic E-state index is 4.23. The molecule has 0 aliphatic carbocycles. The van der Waals surface area contributed by atoms with E-state index in [2.05, 4.69) is 29.4 Å². The van der Waals surface area contributed by atoms with Crippen LogP contribution in [0.4, 0.5) is 0 Å². The maximum absolute atomic E-state index is 4.23. The van der Waals surface area contributed by atoms with E-state index in [0.29, 0.717) is 0 Å². The van der Waals surface area contributed by atoms with Gasteiger partial charge < -0.3 is 5.32 Å². The van der Waals surface area contributed by atoms with Gasteiger partial charge in [0.05, 0.1) is 0 Å². The van der Waals surface area contributed by atoms with Gasteiger partial charge in [-0.15, -0.1) is 0 Å². The third kappa shape index (κ3) is 2.57. The molecule has 2 unspecified atom stereocenters. The highest BCUT2D eigenvalue weighted by atomic mass is 14.9. The van der Waals surface area contributed by atoms with Crippen molar-refractivity contribution in [2.45, 2.75) is 32.1 Å². The minimum Gasteiger partial charge on any atom is -0.316 e. The lowest BCUT2D eigenvalue weighted by Gasteiger charge is -2.32. The fourth-order valence-electron chi connectivity index (χ4n) is 2.63. The van der Waals surface area contributed by atoms with Gasteiger partial charge in [0.15, 0.2) is 0 Å². The Kier molecular flexibility index (Phi) is 3.73. The van der Waals surface area contributed by atoms with E-state index in [1.807, 2.05) is 12.4 Å². The number of hydrogen-bond acceptors (Lipinski definition) is 2. The Balaban J connectivity index is 2.11. The minimum absolute atomic E-state index is 0.722. The Labute approximate surface area is 92.1 Å². The second-order valence-electron chi connectivity index (χ2n) is 4.43. The van der Waals surface area contributed by atoms with Crippen LogP contribution in [0.25, 0.3) is 0 Å². The van der Waals surface area contributed by atoms with Crippen LogP contribution in [0.5, 0.6) is 0 Å². The van der Waals surface area contributed by atoms with Crippen LogP contribution in [-0.4, -0.2) is 18.1 Å². The fourth-order valence-corrected chi connectivity index (χ4v) is 2.63. The van der Waals surface area contributed by atoms with Crippen LogP contribution < -0.4 is 5.32 Å². The van der Waals surface area contributed by atoms with E-state index in [-0.39, 0.29) is 0 Å². The normalized spacial score (nSPS) is 26.5. The summed E-state index contributed by atoms with van der Waals surface area (Å²) in [4.78, 5) is 4.23. The highest BCUT2D eigenvalue weighted by molar-refractivity contribution is 5.16. The van der Waals surface area contributed by atoms with Crippen molar-refractivity contribution in [3.8, 4) is 0 Å². The number of nitrogens with zero attached hydrogens (tertiary/aromatic N) is 1. The SMILES string of the molecule is CCCC1CNCCC1c1cccnc1. The lowest BCUT2D eigenvalue weighted by molar-refractivity contribution is 0.306. The van der Waals surface area contributed by atoms with Crippen molar-refractivity contribution in [1.29, 1.82) is 0 Å². The summed E-state index contributed by atoms with van der Waals surface area (Å²) >= 11 is 0. The van der Waals surface area contributed by atoms with Gasteiger partial charge in [0.2, 0.25) is 0 Å². The van der Waals surface area contributed by atoms with E-state index >= 15 is 0 Å². The highest BCUT2D eigenvalue weighted by Gasteiger charge is 2.25. The van der Waals surface area contributed by atoms with Gasteiger partial charge in [0, 0.05) is 12.4 Å². The molecule has 0 spiro atoms. The summed E-state index contributed by atoms with van der Waals surface area (Å²) < 4.78 is 0. The summed E-state index contributed by atoms with van der Waals surface area (Å²) in [5.74, 6) is 1.52. The first kappa shape index (κ1) is 10.6. The fraction of sp³-hybridized carbons (Fsp3) is 0.615. The molecule has 1 aromatic heterocycles. The summed E-state index contributed by atoms with van der Waals surface area (Å²) in [7, 11) is 0. The quantitative estimate of drug-likeness (QED) is 0.818. The summed E-state index contributed by atoms with van der Waals surface area (Å²) in [6.45, 7) is 4.60. The average Bonchev–Trinajstić information content (AvgIpc) is 2.31. The lowest BCUT2D eigenvalue weighted by atomic mass is 9.79. The van der Waals surface area contributed by atoms with Crippen molar-refractivity contribution < 1.29 is 0 Å². The molecule has 1 saturated heterocycles. The molecule has 0 aromatic carbocycles. The Morgan fingerprint density at radius 2 is 2.47 bits per heavy atom. The number of piperidine rings is 1. The zero-order chi connectivity index (χ0) is 10.5. The molecule has 2 heterocycles. The molecule has 1 aromatic rings. The second-order valence-corrected chi connectivity index (χ2v) is 4.43. The Morgan fingerprint density at radius 1 is 1.53 bits per heavy atom. The molecule has 0 saturated carbocycles. The number of rotatable bonds is 3. The molecule has 1 N–H and O–H groups in total. The predicted octanol–water partition coefficient (Wildman–Crippen LogP) is 2.57. The largest absolute Gasteiger partial charge is 0.316 e. The summed E-state index contributed by atoms with van der Waals surface area (Å²) in [6.07, 6.45) is 7.77. The Bertz CT molecular complexity index is 282. The standard InChI is InChI=1S/C13H20N2/c1-2-4-11-9-15-8-6-13(11)12-5-3-7-14-10-12/h3,5,7,10-11,13,15H,2,4,6,8-9H2,1H3. The van der Waals surface area contributed by atoms with Gasteiger partial charge in [-0.3, -0.25) is 4.98 Å². The van der Waals surface area contributed by atoms with Crippen molar-refractivity contribution in [3.05, 3.63) is 30.1 Å². The van der Waals surface area contributed by atoms with E-state index in [4.69, 9.17) is 0 Å². The van der Waals surface area contributed by atoms with Crippen molar-refractivity contribution in [3.63, 3.8) is 0 Å². The molecule has 2 atom stereocenters. The van der Waals surface area contributed by atoms with E-state index in [1.165, 1.54) is 31.4 Å². The van der Waals surface area contributed by atoms with Crippen LogP contribution in [0, 0.1) is 5.92 Å². The Morgan fingerprint density at radius 3 is 3.20 bits per heavy atom. The van der Waals surface area contributed by atoms with Crippen molar-refractivity contribution in [2.75, 3.05) is 13.1 Å². The summed E-state index contributed by atoms with van der Waals surface area (Å²) in [5, 5.41) is 3.50. The average molecular weight is 204 g/mol. The number of nitrogens with one attached hydrogen (secondary N) is 1. The predicted molar refractivity (Wildman–Crippen MR) is 62.9 cm³/mol. The molecule has 15 heavy (non-hydrogen) atoms. The van der Waals surface area contributed by atoms with Crippen LogP contribution in [0.15, 0.2) is 24.5 Å². The maximum Gasteiger partial charge on any atom is 0.0302 e. The zero-order valence-corrected chi connectivity index (χ0v) is 9.45. The molecule has 0 radical (unpaired) electrons. The van der Waals surface area contributed by atoms with Gasteiger partial charge in [-0.2, -0.15) is 0 Å². The highest BCUT2D eigenvalue weighted by Crippen LogP contribution is 2.32. The molecule has 0 amide bonds. The van der Waals surface area contributed by atoms with Crippen LogP contribution in [0.2, 0.25) is 0 Å². The topological polar surface area (TPSA) is 24.9 Å². The van der Waals surface area contributed by atoms with E-state index in [0.717, 1.165) is 18.4 Å². The Hall–Kier alpha value is -0.890. The number of hydrogen-bond donors (Lipinski definition) is 1. The second kappa shape index (κ2) is 5.26. The molecular weight excluding hydrogens is 184 g/mol. The molecular formula is C13H20N2. The molecule has 1 aliphatic rings. The summed E-state index contributed by atoms with van der Waals surface area (Å²) in [6, 6.07) is 4.28. The van der Waals surface area contributed by atoms with Gasteiger partial charge in [-0.1, -0.05) is 19.4 Å². The lowest BCUT2D eigenvalue weighted by Crippen LogP contribution is -2.35. The molecule has 1 fully saturated rings. The first-order valence-corrected chi connectivity index (χ1v) is 6.02. The number of pyridine rings is 1. The van der Waals surface area contributed by atoms with Crippen molar-refractivity contribution in [1.82, 2.24) is 10.3 Å². The van der Waals surface area contributed by atoms with Crippen molar-refractivity contribution >= 4 is 0 Å². The van der Waals surface area contributed by atoms with Crippen LogP contribution in [-0.2, 0) is 0 Å². The molecule has 2 nitrogen and oxygen atoms in total. The molecule has 82 valence electrons. The van der Waals surface area contributed by atoms with Gasteiger partial charge in [0.25, 0.3) is 0 Å². The zero-order valence-electron chi connectivity index (χ0n) is 9.45. The van der Waals surface area contributed by atoms with Crippen LogP contribution >= 0.6 is 0 Å².